The molecule has 1 aliphatic rings. The molecule has 106 valence electrons. The van der Waals surface area contributed by atoms with Gasteiger partial charge in [0.05, 0.1) is 17.8 Å². The summed E-state index contributed by atoms with van der Waals surface area (Å²) in [6.07, 6.45) is 2.93. The lowest BCUT2D eigenvalue weighted by Crippen LogP contribution is -2.37. The first kappa shape index (κ1) is 14.5. The fraction of sp³-hybridized carbons (Fsp3) is 0.692. The van der Waals surface area contributed by atoms with E-state index in [0.717, 1.165) is 36.6 Å². The number of ether oxygens (including phenoxy) is 1. The Labute approximate surface area is 123 Å². The van der Waals surface area contributed by atoms with Crippen LogP contribution in [-0.4, -0.2) is 54.2 Å². The van der Waals surface area contributed by atoms with Crippen LogP contribution in [0.4, 0.5) is 5.95 Å². The molecular weight excluding hydrogens is 308 g/mol. The Morgan fingerprint density at radius 3 is 2.84 bits per heavy atom. The summed E-state index contributed by atoms with van der Waals surface area (Å²) in [4.78, 5) is 13.6. The van der Waals surface area contributed by atoms with Gasteiger partial charge in [0, 0.05) is 19.1 Å². The van der Waals surface area contributed by atoms with Gasteiger partial charge in [-0.05, 0) is 35.4 Å². The van der Waals surface area contributed by atoms with Crippen molar-refractivity contribution in [3.05, 3.63) is 10.7 Å². The van der Waals surface area contributed by atoms with Gasteiger partial charge in [0.15, 0.2) is 0 Å². The van der Waals surface area contributed by atoms with Gasteiger partial charge in [0.1, 0.15) is 0 Å². The molecule has 0 saturated carbocycles. The zero-order chi connectivity index (χ0) is 13.8. The number of halogens is 1. The molecule has 0 aliphatic carbocycles. The predicted octanol–water partition coefficient (Wildman–Crippen LogP) is 2.17. The average Bonchev–Trinajstić information content (AvgIpc) is 2.90. The third-order valence-corrected chi connectivity index (χ3v) is 4.21. The fourth-order valence-corrected chi connectivity index (χ4v) is 2.95. The summed E-state index contributed by atoms with van der Waals surface area (Å²) < 4.78 is 6.02. The Balaban J connectivity index is 2.08. The van der Waals surface area contributed by atoms with Crippen LogP contribution in [0.15, 0.2) is 10.7 Å². The van der Waals surface area contributed by atoms with Crippen LogP contribution in [0.25, 0.3) is 0 Å². The molecule has 1 saturated heterocycles. The van der Waals surface area contributed by atoms with Crippen LogP contribution in [0.1, 0.15) is 20.3 Å². The summed E-state index contributed by atoms with van der Waals surface area (Å²) in [5.74, 6) is 1.35. The summed E-state index contributed by atoms with van der Waals surface area (Å²) in [6.45, 7) is 8.62. The molecule has 1 aromatic rings. The largest absolute Gasteiger partial charge is 0.480 e. The maximum atomic E-state index is 5.23. The van der Waals surface area contributed by atoms with Crippen molar-refractivity contribution >= 4 is 21.9 Å². The highest BCUT2D eigenvalue weighted by atomic mass is 79.9. The summed E-state index contributed by atoms with van der Waals surface area (Å²) in [5.41, 5.74) is 0. The van der Waals surface area contributed by atoms with Crippen LogP contribution < -0.4 is 9.64 Å². The minimum absolute atomic E-state index is 0.594. The van der Waals surface area contributed by atoms with Crippen molar-refractivity contribution in [2.24, 2.45) is 0 Å². The maximum absolute atomic E-state index is 5.23. The number of hydrogen-bond acceptors (Lipinski definition) is 5. The number of nitrogens with zero attached hydrogens (tertiary/aromatic N) is 4. The molecule has 6 heteroatoms. The van der Waals surface area contributed by atoms with Crippen molar-refractivity contribution in [3.8, 4) is 5.88 Å². The molecule has 0 aromatic carbocycles. The molecule has 1 fully saturated rings. The number of methoxy groups -OCH3 is 1. The second kappa shape index (κ2) is 6.52. The van der Waals surface area contributed by atoms with Crippen LogP contribution in [0.3, 0.4) is 0 Å². The highest BCUT2D eigenvalue weighted by Crippen LogP contribution is 2.26. The Morgan fingerprint density at radius 2 is 2.21 bits per heavy atom. The lowest BCUT2D eigenvalue weighted by molar-refractivity contribution is 0.232. The Morgan fingerprint density at radius 1 is 1.47 bits per heavy atom. The number of anilines is 1. The van der Waals surface area contributed by atoms with Gasteiger partial charge >= 0.3 is 0 Å². The molecule has 0 radical (unpaired) electrons. The lowest BCUT2D eigenvalue weighted by atomic mass is 10.2. The molecule has 19 heavy (non-hydrogen) atoms. The Kier molecular flexibility index (Phi) is 4.99. The second-order valence-electron chi connectivity index (χ2n) is 4.64. The Hall–Kier alpha value is -0.880. The lowest BCUT2D eigenvalue weighted by Gasteiger charge is -2.26. The first-order chi connectivity index (χ1) is 9.19. The molecule has 2 rings (SSSR count). The van der Waals surface area contributed by atoms with Crippen molar-refractivity contribution in [3.63, 3.8) is 0 Å². The van der Waals surface area contributed by atoms with Crippen molar-refractivity contribution < 1.29 is 4.74 Å². The van der Waals surface area contributed by atoms with Gasteiger partial charge in [-0.2, -0.15) is 4.98 Å². The van der Waals surface area contributed by atoms with Crippen LogP contribution in [0.5, 0.6) is 5.88 Å². The van der Waals surface area contributed by atoms with Crippen LogP contribution in [0.2, 0.25) is 0 Å². The van der Waals surface area contributed by atoms with Crippen molar-refractivity contribution in [2.45, 2.75) is 26.3 Å². The number of likely N-dealkylation sites (N-methyl/N-ethyl adjacent to an activating group) is 1. The number of hydrogen-bond donors (Lipinski definition) is 0. The second-order valence-corrected chi connectivity index (χ2v) is 5.49. The van der Waals surface area contributed by atoms with Gasteiger partial charge in [-0.25, -0.2) is 4.98 Å². The van der Waals surface area contributed by atoms with E-state index in [4.69, 9.17) is 4.74 Å². The van der Waals surface area contributed by atoms with Crippen LogP contribution in [0, 0.1) is 0 Å². The molecular formula is C13H21BrN4O. The number of rotatable bonds is 5. The average molecular weight is 329 g/mol. The minimum atomic E-state index is 0.594. The van der Waals surface area contributed by atoms with Gasteiger partial charge in [-0.15, -0.1) is 0 Å². The van der Waals surface area contributed by atoms with E-state index in [1.807, 2.05) is 0 Å². The quantitative estimate of drug-likeness (QED) is 0.828. The normalized spacial score (nSPS) is 19.2. The van der Waals surface area contributed by atoms with E-state index in [2.05, 4.69) is 49.5 Å². The summed E-state index contributed by atoms with van der Waals surface area (Å²) in [7, 11) is 1.62. The molecule has 1 atom stereocenters. The zero-order valence-corrected chi connectivity index (χ0v) is 13.4. The maximum Gasteiger partial charge on any atom is 0.232 e. The van der Waals surface area contributed by atoms with Crippen molar-refractivity contribution in [2.75, 3.05) is 38.2 Å². The van der Waals surface area contributed by atoms with E-state index in [9.17, 15) is 0 Å². The molecule has 1 aliphatic heterocycles. The zero-order valence-electron chi connectivity index (χ0n) is 11.8. The summed E-state index contributed by atoms with van der Waals surface area (Å²) in [5, 5.41) is 0. The standard InChI is InChI=1S/C13H21BrN4O/c1-4-17(5-2)10-6-7-18(9-10)13-15-8-11(14)12(16-13)19-3/h8,10H,4-7,9H2,1-3H3. The summed E-state index contributed by atoms with van der Waals surface area (Å²) in [6, 6.07) is 0.605. The SMILES string of the molecule is CCN(CC)C1CCN(c2ncc(Br)c(OC)n2)C1. The molecule has 0 N–H and O–H groups in total. The molecule has 0 bridgehead atoms. The molecule has 5 nitrogen and oxygen atoms in total. The monoisotopic (exact) mass is 328 g/mol. The van der Waals surface area contributed by atoms with Gasteiger partial charge in [0.2, 0.25) is 11.8 Å². The van der Waals surface area contributed by atoms with Gasteiger partial charge in [-0.3, -0.25) is 4.90 Å². The highest BCUT2D eigenvalue weighted by molar-refractivity contribution is 9.10. The van der Waals surface area contributed by atoms with E-state index >= 15 is 0 Å². The fourth-order valence-electron chi connectivity index (χ4n) is 2.60. The van der Waals surface area contributed by atoms with Crippen molar-refractivity contribution in [1.82, 2.24) is 14.9 Å². The summed E-state index contributed by atoms with van der Waals surface area (Å²) >= 11 is 3.38. The predicted molar refractivity (Wildman–Crippen MR) is 79.8 cm³/mol. The van der Waals surface area contributed by atoms with Gasteiger partial charge < -0.3 is 9.64 Å². The first-order valence-electron chi connectivity index (χ1n) is 6.75. The van der Waals surface area contributed by atoms with E-state index in [0.29, 0.717) is 11.9 Å². The highest BCUT2D eigenvalue weighted by Gasteiger charge is 2.28. The minimum Gasteiger partial charge on any atom is -0.480 e. The third-order valence-electron chi connectivity index (χ3n) is 3.67. The van der Waals surface area contributed by atoms with Gasteiger partial charge in [0.25, 0.3) is 0 Å². The van der Waals surface area contributed by atoms with Gasteiger partial charge in [-0.1, -0.05) is 13.8 Å². The molecule has 2 heterocycles. The topological polar surface area (TPSA) is 41.5 Å². The third kappa shape index (κ3) is 3.17. The van der Waals surface area contributed by atoms with Crippen molar-refractivity contribution in [1.29, 1.82) is 0 Å². The van der Waals surface area contributed by atoms with E-state index in [-0.39, 0.29) is 0 Å². The Bertz CT molecular complexity index is 425. The number of aromatic nitrogens is 2. The molecule has 0 spiro atoms. The van der Waals surface area contributed by atoms with E-state index in [1.54, 1.807) is 13.3 Å². The smallest absolute Gasteiger partial charge is 0.232 e. The molecule has 0 amide bonds. The van der Waals surface area contributed by atoms with E-state index < -0.39 is 0 Å². The molecule has 1 aromatic heterocycles. The van der Waals surface area contributed by atoms with Crippen LogP contribution >= 0.6 is 15.9 Å². The first-order valence-corrected chi connectivity index (χ1v) is 7.54. The van der Waals surface area contributed by atoms with Crippen LogP contribution in [-0.2, 0) is 0 Å². The molecule has 1 unspecified atom stereocenters. The van der Waals surface area contributed by atoms with E-state index in [1.165, 1.54) is 6.42 Å².